The molecule has 1 heterocycles. The Hall–Kier alpha value is -3.44. The lowest BCUT2D eigenvalue weighted by Crippen LogP contribution is -2.29. The first-order chi connectivity index (χ1) is 14.5. The van der Waals surface area contributed by atoms with Crippen LogP contribution in [-0.4, -0.2) is 33.3 Å². The number of nitrogens with one attached hydrogen (secondary N) is 2. The number of phenols is 1. The topological polar surface area (TPSA) is 136 Å². The first-order valence-electron chi connectivity index (χ1n) is 9.06. The summed E-state index contributed by atoms with van der Waals surface area (Å²) in [6.07, 6.45) is 2.30. The number of aromatic hydroxyl groups is 1. The second kappa shape index (κ2) is 7.36. The summed E-state index contributed by atoms with van der Waals surface area (Å²) in [5, 5.41) is 21.7. The Bertz CT molecular complexity index is 1430. The van der Waals surface area contributed by atoms with E-state index in [2.05, 4.69) is 4.72 Å². The average Bonchev–Trinajstić information content (AvgIpc) is 2.93. The first-order valence-corrected chi connectivity index (χ1v) is 12.4. The molecule has 0 aromatic heterocycles. The van der Waals surface area contributed by atoms with Crippen molar-refractivity contribution >= 4 is 42.4 Å². The largest absolute Gasteiger partial charge is 0.506 e. The zero-order chi connectivity index (χ0) is 22.4. The van der Waals surface area contributed by atoms with E-state index in [0.29, 0.717) is 16.8 Å². The summed E-state index contributed by atoms with van der Waals surface area (Å²) in [4.78, 5) is 0. The number of anilines is 2. The third-order valence-electron chi connectivity index (χ3n) is 4.67. The Balaban J connectivity index is 1.72. The van der Waals surface area contributed by atoms with Gasteiger partial charge in [0.1, 0.15) is 11.4 Å². The van der Waals surface area contributed by atoms with Gasteiger partial charge in [0.2, 0.25) is 15.9 Å². The van der Waals surface area contributed by atoms with Gasteiger partial charge in [0.05, 0.1) is 18.1 Å². The quantitative estimate of drug-likeness (QED) is 0.461. The van der Waals surface area contributed by atoms with Gasteiger partial charge in [-0.1, -0.05) is 30.3 Å². The highest BCUT2D eigenvalue weighted by Gasteiger charge is 2.30. The number of aliphatic hydroxyl groups is 1. The first kappa shape index (κ1) is 20.8. The molecule has 0 bridgehead atoms. The lowest BCUT2D eigenvalue weighted by Gasteiger charge is -2.17. The summed E-state index contributed by atoms with van der Waals surface area (Å²) in [5.74, 6) is -0.872. The molecule has 0 aliphatic carbocycles. The molecule has 0 unspecified atom stereocenters. The summed E-state index contributed by atoms with van der Waals surface area (Å²) in [6.45, 7) is 0. The van der Waals surface area contributed by atoms with Crippen LogP contribution in [0.15, 0.2) is 66.7 Å². The average molecular weight is 462 g/mol. The van der Waals surface area contributed by atoms with E-state index < -0.39 is 26.1 Å². The van der Waals surface area contributed by atoms with Crippen molar-refractivity contribution in [1.82, 2.24) is 4.72 Å². The van der Waals surface area contributed by atoms with E-state index in [9.17, 15) is 27.0 Å². The molecular weight excluding hydrogens is 442 g/mol. The Kier molecular flexibility index (Phi) is 4.94. The Morgan fingerprint density at radius 3 is 2.29 bits per heavy atom. The molecule has 11 heteroatoms. The molecule has 4 rings (SSSR count). The van der Waals surface area contributed by atoms with E-state index in [1.54, 1.807) is 12.1 Å². The van der Waals surface area contributed by atoms with Crippen molar-refractivity contribution in [3.63, 3.8) is 0 Å². The summed E-state index contributed by atoms with van der Waals surface area (Å²) < 4.78 is 52.9. The van der Waals surface area contributed by atoms with Gasteiger partial charge in [-0.15, -0.1) is 0 Å². The lowest BCUT2D eigenvalue weighted by atomic mass is 9.99. The van der Waals surface area contributed by atoms with Crippen LogP contribution in [0.5, 0.6) is 5.75 Å². The van der Waals surface area contributed by atoms with E-state index in [1.807, 2.05) is 35.1 Å². The molecule has 31 heavy (non-hydrogen) atoms. The number of fused-ring (bicyclic) bond motifs is 1. The maximum absolute atomic E-state index is 12.0. The smallest absolute Gasteiger partial charge is 0.330 e. The molecule has 0 atom stereocenters. The number of hydrogen-bond donors (Lipinski definition) is 4. The van der Waals surface area contributed by atoms with Crippen molar-refractivity contribution in [3.05, 3.63) is 77.8 Å². The fraction of sp³-hybridized carbons (Fsp3) is 0.100. The molecule has 0 amide bonds. The molecule has 9 nitrogen and oxygen atoms in total. The van der Waals surface area contributed by atoms with E-state index >= 15 is 0 Å². The Morgan fingerprint density at radius 2 is 1.71 bits per heavy atom. The molecule has 0 saturated heterocycles. The fourth-order valence-electron chi connectivity index (χ4n) is 3.40. The van der Waals surface area contributed by atoms with Gasteiger partial charge in [-0.3, -0.25) is 4.72 Å². The van der Waals surface area contributed by atoms with Crippen LogP contribution in [0.4, 0.5) is 11.4 Å². The van der Waals surface area contributed by atoms with Crippen LogP contribution in [0.3, 0.4) is 0 Å². The van der Waals surface area contributed by atoms with Gasteiger partial charge in [-0.2, -0.15) is 8.42 Å². The number of benzene rings is 3. The number of aliphatic hydroxyl groups excluding tert-OH is 1. The van der Waals surface area contributed by atoms with Gasteiger partial charge in [0, 0.05) is 0 Å². The molecular formula is C20H19N3O6S2. The van der Waals surface area contributed by atoms with Crippen LogP contribution < -0.4 is 13.7 Å². The molecule has 0 fully saturated rings. The Labute approximate surface area is 179 Å². The van der Waals surface area contributed by atoms with Gasteiger partial charge in [0.15, 0.2) is 0 Å². The molecule has 0 saturated carbocycles. The van der Waals surface area contributed by atoms with Crippen molar-refractivity contribution in [3.8, 4) is 5.75 Å². The third-order valence-corrected chi connectivity index (χ3v) is 6.55. The van der Waals surface area contributed by atoms with Gasteiger partial charge >= 0.3 is 10.2 Å². The monoisotopic (exact) mass is 461 g/mol. The minimum absolute atomic E-state index is 0.0340. The summed E-state index contributed by atoms with van der Waals surface area (Å²) in [7, 11) is -7.55. The highest BCUT2D eigenvalue weighted by molar-refractivity contribution is 7.92. The van der Waals surface area contributed by atoms with Gasteiger partial charge in [-0.25, -0.2) is 17.4 Å². The number of nitrogens with zero attached hydrogens (tertiary/aromatic N) is 1. The zero-order valence-electron chi connectivity index (χ0n) is 16.3. The number of hydrogen-bond acceptors (Lipinski definition) is 6. The van der Waals surface area contributed by atoms with Crippen molar-refractivity contribution in [1.29, 1.82) is 0 Å². The molecule has 1 aliphatic rings. The predicted octanol–water partition coefficient (Wildman–Crippen LogP) is 2.52. The molecule has 3 aromatic carbocycles. The minimum atomic E-state index is -4.03. The van der Waals surface area contributed by atoms with Gasteiger partial charge < -0.3 is 10.2 Å². The number of phenolic OH excluding ortho intramolecular Hbond substituents is 1. The number of rotatable bonds is 5. The summed E-state index contributed by atoms with van der Waals surface area (Å²) in [5.41, 5.74) is 1.70. The second-order valence-electron chi connectivity index (χ2n) is 7.15. The summed E-state index contributed by atoms with van der Waals surface area (Å²) >= 11 is 0. The van der Waals surface area contributed by atoms with Crippen molar-refractivity contribution in [2.75, 3.05) is 15.3 Å². The molecule has 3 aromatic rings. The van der Waals surface area contributed by atoms with E-state index in [0.717, 1.165) is 27.5 Å². The van der Waals surface area contributed by atoms with E-state index in [4.69, 9.17) is 0 Å². The normalized spacial score (nSPS) is 15.5. The van der Waals surface area contributed by atoms with Crippen molar-refractivity contribution < 1.29 is 27.0 Å². The maximum atomic E-state index is 12.0. The highest BCUT2D eigenvalue weighted by Crippen LogP contribution is 2.34. The SMILES string of the molecule is CS(=O)(=O)Nc1cc2ccccc2cc1Cc1ccc(N2C=C(O)NS2(=O)=O)c(O)c1. The van der Waals surface area contributed by atoms with Crippen LogP contribution in [0.25, 0.3) is 10.8 Å². The van der Waals surface area contributed by atoms with E-state index in [-0.39, 0.29) is 17.9 Å². The maximum Gasteiger partial charge on any atom is 0.330 e. The van der Waals surface area contributed by atoms with Gasteiger partial charge in [0.25, 0.3) is 0 Å². The highest BCUT2D eigenvalue weighted by atomic mass is 32.2. The van der Waals surface area contributed by atoms with Crippen LogP contribution >= 0.6 is 0 Å². The molecule has 1 aliphatic heterocycles. The second-order valence-corrected chi connectivity index (χ2v) is 10.4. The summed E-state index contributed by atoms with van der Waals surface area (Å²) in [6, 6.07) is 15.6. The van der Waals surface area contributed by atoms with E-state index in [1.165, 1.54) is 12.1 Å². The third kappa shape index (κ3) is 4.37. The van der Waals surface area contributed by atoms with Crippen molar-refractivity contribution in [2.24, 2.45) is 0 Å². The molecule has 0 spiro atoms. The number of sulfonamides is 1. The van der Waals surface area contributed by atoms with Crippen molar-refractivity contribution in [2.45, 2.75) is 6.42 Å². The Morgan fingerprint density at radius 1 is 1.03 bits per heavy atom. The molecule has 162 valence electrons. The van der Waals surface area contributed by atoms with Gasteiger partial charge in [-0.05, 0) is 52.6 Å². The van der Waals surface area contributed by atoms with Crippen LogP contribution in [0.1, 0.15) is 11.1 Å². The fourth-order valence-corrected chi connectivity index (χ4v) is 5.06. The molecule has 4 N–H and O–H groups in total. The van der Waals surface area contributed by atoms with Crippen LogP contribution in [-0.2, 0) is 26.7 Å². The van der Waals surface area contributed by atoms with Crippen LogP contribution in [0, 0.1) is 0 Å². The zero-order valence-corrected chi connectivity index (χ0v) is 17.9. The lowest BCUT2D eigenvalue weighted by molar-refractivity contribution is 0.392. The standard InChI is InChI=1S/C20H19N3O6S2/c1-30(26,27)21-17-11-15-5-3-2-4-14(15)10-16(17)8-13-6-7-18(19(24)9-13)23-12-20(25)22-31(23,28)29/h2-7,9-12,21-22,24-25H,8H2,1H3. The minimum Gasteiger partial charge on any atom is -0.506 e. The predicted molar refractivity (Wildman–Crippen MR) is 119 cm³/mol. The molecule has 0 radical (unpaired) electrons. The van der Waals surface area contributed by atoms with Crippen LogP contribution in [0.2, 0.25) is 0 Å².